The van der Waals surface area contributed by atoms with Gasteiger partial charge in [-0.1, -0.05) is 19.8 Å². The third-order valence-corrected chi connectivity index (χ3v) is 3.99. The molecule has 3 N–H and O–H groups in total. The average molecular weight is 244 g/mol. The van der Waals surface area contributed by atoms with Gasteiger partial charge in [0.05, 0.1) is 11.1 Å². The fourth-order valence-electron chi connectivity index (χ4n) is 3.03. The summed E-state index contributed by atoms with van der Waals surface area (Å²) in [5, 5.41) is 0. The van der Waals surface area contributed by atoms with E-state index < -0.39 is 0 Å². The summed E-state index contributed by atoms with van der Waals surface area (Å²) in [5.41, 5.74) is 9.01. The highest BCUT2D eigenvalue weighted by Crippen LogP contribution is 2.36. The van der Waals surface area contributed by atoms with E-state index in [1.807, 2.05) is 19.1 Å². The predicted molar refractivity (Wildman–Crippen MR) is 72.1 cm³/mol. The van der Waals surface area contributed by atoms with Gasteiger partial charge in [0.15, 0.2) is 5.65 Å². The first kappa shape index (κ1) is 11.7. The molecule has 0 aliphatic heterocycles. The summed E-state index contributed by atoms with van der Waals surface area (Å²) in [4.78, 5) is 12.4. The Bertz CT molecular complexity index is 574. The molecule has 2 heterocycles. The summed E-state index contributed by atoms with van der Waals surface area (Å²) in [7, 11) is 0. The quantitative estimate of drug-likeness (QED) is 0.810. The smallest absolute Gasteiger partial charge is 0.178 e. The van der Waals surface area contributed by atoms with Crippen molar-refractivity contribution in [1.29, 1.82) is 0 Å². The molecular formula is C14H20N4. The zero-order chi connectivity index (χ0) is 12.8. The SMILES string of the molecule is Cc1ccc2[nH]c(C3(N)CCCC(C)C3)nc2n1. The second-order valence-electron chi connectivity index (χ2n) is 5.77. The van der Waals surface area contributed by atoms with Crippen LogP contribution in [0.1, 0.15) is 44.1 Å². The summed E-state index contributed by atoms with van der Waals surface area (Å²) < 4.78 is 0. The third-order valence-electron chi connectivity index (χ3n) is 3.99. The fourth-order valence-corrected chi connectivity index (χ4v) is 3.03. The van der Waals surface area contributed by atoms with Gasteiger partial charge >= 0.3 is 0 Å². The first-order valence-corrected chi connectivity index (χ1v) is 6.69. The first-order chi connectivity index (χ1) is 8.57. The number of hydrogen-bond acceptors (Lipinski definition) is 3. The number of hydrogen-bond donors (Lipinski definition) is 2. The van der Waals surface area contributed by atoms with Gasteiger partial charge in [-0.3, -0.25) is 0 Å². The number of rotatable bonds is 1. The molecule has 3 rings (SSSR count). The highest BCUT2D eigenvalue weighted by molar-refractivity contribution is 5.70. The van der Waals surface area contributed by atoms with Crippen molar-refractivity contribution in [2.75, 3.05) is 0 Å². The highest BCUT2D eigenvalue weighted by atomic mass is 15.0. The molecule has 4 heteroatoms. The molecule has 1 fully saturated rings. The van der Waals surface area contributed by atoms with Crippen molar-refractivity contribution in [1.82, 2.24) is 15.0 Å². The number of fused-ring (bicyclic) bond motifs is 1. The van der Waals surface area contributed by atoms with Crippen molar-refractivity contribution in [3.63, 3.8) is 0 Å². The first-order valence-electron chi connectivity index (χ1n) is 6.69. The fraction of sp³-hybridized carbons (Fsp3) is 0.571. The molecule has 1 aliphatic carbocycles. The normalized spacial score (nSPS) is 28.7. The monoisotopic (exact) mass is 244 g/mol. The Morgan fingerprint density at radius 3 is 3.00 bits per heavy atom. The summed E-state index contributed by atoms with van der Waals surface area (Å²) in [6.45, 7) is 4.25. The van der Waals surface area contributed by atoms with E-state index in [2.05, 4.69) is 21.9 Å². The maximum absolute atomic E-state index is 6.55. The minimum absolute atomic E-state index is 0.299. The van der Waals surface area contributed by atoms with Crippen LogP contribution in [0.4, 0.5) is 0 Å². The van der Waals surface area contributed by atoms with E-state index in [9.17, 15) is 0 Å². The maximum atomic E-state index is 6.55. The lowest BCUT2D eigenvalue weighted by atomic mass is 9.76. The predicted octanol–water partition coefficient (Wildman–Crippen LogP) is 2.63. The minimum atomic E-state index is -0.299. The zero-order valence-corrected chi connectivity index (χ0v) is 11.0. The van der Waals surface area contributed by atoms with E-state index >= 15 is 0 Å². The Labute approximate surface area is 107 Å². The molecule has 0 radical (unpaired) electrons. The Kier molecular flexibility index (Phi) is 2.63. The topological polar surface area (TPSA) is 67.6 Å². The lowest BCUT2D eigenvalue weighted by molar-refractivity contribution is 0.230. The molecule has 2 aromatic heterocycles. The number of pyridine rings is 1. The van der Waals surface area contributed by atoms with Crippen LogP contribution in [0.15, 0.2) is 12.1 Å². The van der Waals surface area contributed by atoms with Gasteiger partial charge in [-0.05, 0) is 37.8 Å². The molecule has 0 amide bonds. The lowest BCUT2D eigenvalue weighted by Crippen LogP contribution is -2.42. The second kappa shape index (κ2) is 4.05. The van der Waals surface area contributed by atoms with Gasteiger partial charge < -0.3 is 10.7 Å². The molecule has 1 aliphatic rings. The lowest BCUT2D eigenvalue weighted by Gasteiger charge is -2.34. The molecule has 96 valence electrons. The van der Waals surface area contributed by atoms with E-state index in [1.54, 1.807) is 0 Å². The highest BCUT2D eigenvalue weighted by Gasteiger charge is 2.35. The van der Waals surface area contributed by atoms with Crippen LogP contribution in [-0.4, -0.2) is 15.0 Å². The molecule has 0 aromatic carbocycles. The Morgan fingerprint density at radius 2 is 2.22 bits per heavy atom. The summed E-state index contributed by atoms with van der Waals surface area (Å²) >= 11 is 0. The molecule has 0 spiro atoms. The van der Waals surface area contributed by atoms with E-state index in [0.29, 0.717) is 5.92 Å². The van der Waals surface area contributed by atoms with Crippen LogP contribution < -0.4 is 5.73 Å². The van der Waals surface area contributed by atoms with Crippen molar-refractivity contribution in [3.8, 4) is 0 Å². The van der Waals surface area contributed by atoms with E-state index in [-0.39, 0.29) is 5.54 Å². The van der Waals surface area contributed by atoms with Crippen LogP contribution in [0.3, 0.4) is 0 Å². The number of nitrogens with zero attached hydrogens (tertiary/aromatic N) is 2. The molecule has 0 bridgehead atoms. The van der Waals surface area contributed by atoms with Crippen molar-refractivity contribution in [2.24, 2.45) is 11.7 Å². The summed E-state index contributed by atoms with van der Waals surface area (Å²) in [6, 6.07) is 4.03. The van der Waals surface area contributed by atoms with Gasteiger partial charge in [0.25, 0.3) is 0 Å². The van der Waals surface area contributed by atoms with Gasteiger partial charge in [0, 0.05) is 5.69 Å². The number of aryl methyl sites for hydroxylation is 1. The van der Waals surface area contributed by atoms with Crippen LogP contribution in [0.25, 0.3) is 11.2 Å². The Morgan fingerprint density at radius 1 is 1.39 bits per heavy atom. The van der Waals surface area contributed by atoms with Crippen LogP contribution in [0, 0.1) is 12.8 Å². The van der Waals surface area contributed by atoms with E-state index in [0.717, 1.165) is 35.5 Å². The van der Waals surface area contributed by atoms with Gasteiger partial charge in [-0.15, -0.1) is 0 Å². The van der Waals surface area contributed by atoms with Gasteiger partial charge in [0.1, 0.15) is 5.82 Å². The number of nitrogens with two attached hydrogens (primary N) is 1. The largest absolute Gasteiger partial charge is 0.339 e. The standard InChI is InChI=1S/C14H20N4/c1-9-4-3-7-14(15,8-9)13-17-11-6-5-10(2)16-12(11)18-13/h5-6,9H,3-4,7-8,15H2,1-2H3,(H,16,17,18). The van der Waals surface area contributed by atoms with E-state index in [1.165, 1.54) is 12.8 Å². The molecule has 2 aromatic rings. The number of imidazole rings is 1. The average Bonchev–Trinajstić information content (AvgIpc) is 2.72. The van der Waals surface area contributed by atoms with Gasteiger partial charge in [0.2, 0.25) is 0 Å². The Balaban J connectivity index is 2.03. The molecule has 4 nitrogen and oxygen atoms in total. The maximum Gasteiger partial charge on any atom is 0.178 e. The van der Waals surface area contributed by atoms with Crippen molar-refractivity contribution >= 4 is 11.2 Å². The number of aromatic nitrogens is 3. The Hall–Kier alpha value is -1.42. The summed E-state index contributed by atoms with van der Waals surface area (Å²) in [5.74, 6) is 1.58. The van der Waals surface area contributed by atoms with Crippen LogP contribution in [-0.2, 0) is 5.54 Å². The number of aromatic amines is 1. The molecular weight excluding hydrogens is 224 g/mol. The van der Waals surface area contributed by atoms with Crippen LogP contribution >= 0.6 is 0 Å². The molecule has 2 unspecified atom stereocenters. The molecule has 2 atom stereocenters. The minimum Gasteiger partial charge on any atom is -0.339 e. The van der Waals surface area contributed by atoms with Crippen LogP contribution in [0.2, 0.25) is 0 Å². The molecule has 1 saturated carbocycles. The second-order valence-corrected chi connectivity index (χ2v) is 5.77. The van der Waals surface area contributed by atoms with E-state index in [4.69, 9.17) is 5.73 Å². The van der Waals surface area contributed by atoms with Crippen LogP contribution in [0.5, 0.6) is 0 Å². The zero-order valence-electron chi connectivity index (χ0n) is 11.0. The van der Waals surface area contributed by atoms with Crippen molar-refractivity contribution in [2.45, 2.75) is 45.1 Å². The van der Waals surface area contributed by atoms with Gasteiger partial charge in [-0.2, -0.15) is 0 Å². The number of H-pyrrole nitrogens is 1. The molecule has 0 saturated heterocycles. The number of nitrogens with one attached hydrogen (secondary N) is 1. The summed E-state index contributed by atoms with van der Waals surface area (Å²) in [6.07, 6.45) is 4.47. The third kappa shape index (κ3) is 1.90. The molecule has 18 heavy (non-hydrogen) atoms. The van der Waals surface area contributed by atoms with Crippen molar-refractivity contribution in [3.05, 3.63) is 23.7 Å². The van der Waals surface area contributed by atoms with Gasteiger partial charge in [-0.25, -0.2) is 9.97 Å². The van der Waals surface area contributed by atoms with Crippen molar-refractivity contribution < 1.29 is 0 Å².